The summed E-state index contributed by atoms with van der Waals surface area (Å²) in [6, 6.07) is 7.72. The van der Waals surface area contributed by atoms with Gasteiger partial charge in [0.1, 0.15) is 0 Å². The van der Waals surface area contributed by atoms with Crippen molar-refractivity contribution in [2.45, 2.75) is 18.2 Å². The fourth-order valence-corrected chi connectivity index (χ4v) is 4.22. The number of aryl methyl sites for hydroxylation is 1. The number of amides is 1. The van der Waals surface area contributed by atoms with Crippen molar-refractivity contribution in [1.82, 2.24) is 4.72 Å². The molecule has 1 aromatic carbocycles. The van der Waals surface area contributed by atoms with Crippen LogP contribution < -0.4 is 4.72 Å². The van der Waals surface area contributed by atoms with Crippen molar-refractivity contribution in [2.24, 2.45) is 0 Å². The van der Waals surface area contributed by atoms with Crippen LogP contribution in [0.4, 0.5) is 0 Å². The Labute approximate surface area is 140 Å². The van der Waals surface area contributed by atoms with Gasteiger partial charge in [0.05, 0.1) is 22.9 Å². The van der Waals surface area contributed by atoms with Crippen LogP contribution in [-0.4, -0.2) is 14.3 Å². The predicted molar refractivity (Wildman–Crippen MR) is 86.9 cm³/mol. The van der Waals surface area contributed by atoms with E-state index in [4.69, 9.17) is 5.26 Å². The van der Waals surface area contributed by atoms with Crippen LogP contribution in [-0.2, 0) is 21.2 Å². The van der Waals surface area contributed by atoms with Gasteiger partial charge in [0.25, 0.3) is 10.0 Å². The van der Waals surface area contributed by atoms with E-state index < -0.39 is 15.9 Å². The van der Waals surface area contributed by atoms with Crippen LogP contribution in [0, 0.1) is 18.3 Å². The fourth-order valence-electron chi connectivity index (χ4n) is 1.79. The van der Waals surface area contributed by atoms with Crippen molar-refractivity contribution in [3.63, 3.8) is 0 Å². The second-order valence-corrected chi connectivity index (χ2v) is 8.21. The van der Waals surface area contributed by atoms with E-state index in [-0.39, 0.29) is 16.9 Å². The first-order chi connectivity index (χ1) is 10.3. The van der Waals surface area contributed by atoms with E-state index in [0.717, 1.165) is 10.4 Å². The molecular formula is C14H11BrN2O3S2. The Morgan fingerprint density at radius 2 is 2.14 bits per heavy atom. The predicted octanol–water partition coefficient (Wildman–Crippen LogP) is 2.74. The average molecular weight is 399 g/mol. The molecule has 2 rings (SSSR count). The first kappa shape index (κ1) is 16.7. The van der Waals surface area contributed by atoms with Crippen molar-refractivity contribution >= 4 is 43.2 Å². The van der Waals surface area contributed by atoms with E-state index >= 15 is 0 Å². The van der Waals surface area contributed by atoms with Crippen LogP contribution in [0.1, 0.15) is 16.0 Å². The smallest absolute Gasteiger partial charge is 0.264 e. The SMILES string of the molecule is Cc1sccc1CC(=O)NS(=O)(=O)c1cc(Br)cc(C#N)c1. The Hall–Kier alpha value is -1.69. The highest BCUT2D eigenvalue weighted by Gasteiger charge is 2.19. The van der Waals surface area contributed by atoms with Crippen molar-refractivity contribution in [2.75, 3.05) is 0 Å². The fraction of sp³-hybridized carbons (Fsp3) is 0.143. The molecule has 5 nitrogen and oxygen atoms in total. The highest BCUT2D eigenvalue weighted by Crippen LogP contribution is 2.20. The Morgan fingerprint density at radius 1 is 1.41 bits per heavy atom. The molecule has 114 valence electrons. The molecule has 0 radical (unpaired) electrons. The van der Waals surface area contributed by atoms with E-state index in [1.165, 1.54) is 29.5 Å². The van der Waals surface area contributed by atoms with Crippen LogP contribution in [0.5, 0.6) is 0 Å². The number of hydrogen-bond acceptors (Lipinski definition) is 5. The van der Waals surface area contributed by atoms with Gasteiger partial charge in [-0.1, -0.05) is 15.9 Å². The molecule has 0 aliphatic carbocycles. The molecule has 0 unspecified atom stereocenters. The van der Waals surface area contributed by atoms with Gasteiger partial charge in [-0.3, -0.25) is 4.79 Å². The van der Waals surface area contributed by atoms with Crippen LogP contribution in [0.25, 0.3) is 0 Å². The number of rotatable bonds is 4. The summed E-state index contributed by atoms with van der Waals surface area (Å²) in [6.07, 6.45) is -0.00628. The second kappa shape index (κ2) is 6.60. The summed E-state index contributed by atoms with van der Waals surface area (Å²) in [6.45, 7) is 1.87. The molecule has 0 aliphatic rings. The third-order valence-electron chi connectivity index (χ3n) is 2.88. The number of benzene rings is 1. The summed E-state index contributed by atoms with van der Waals surface area (Å²) >= 11 is 4.64. The average Bonchev–Trinajstić information content (AvgIpc) is 2.82. The number of nitrogens with one attached hydrogen (secondary N) is 1. The second-order valence-electron chi connectivity index (χ2n) is 4.49. The molecule has 8 heteroatoms. The summed E-state index contributed by atoms with van der Waals surface area (Å²) in [7, 11) is -4.01. The zero-order valence-electron chi connectivity index (χ0n) is 11.5. The van der Waals surface area contributed by atoms with Gasteiger partial charge in [-0.15, -0.1) is 11.3 Å². The van der Waals surface area contributed by atoms with E-state index in [2.05, 4.69) is 15.9 Å². The molecule has 0 fully saturated rings. The third-order valence-corrected chi connectivity index (χ3v) is 5.57. The lowest BCUT2D eigenvalue weighted by atomic mass is 10.2. The Morgan fingerprint density at radius 3 is 2.73 bits per heavy atom. The lowest BCUT2D eigenvalue weighted by Gasteiger charge is -2.08. The van der Waals surface area contributed by atoms with Gasteiger partial charge in [-0.2, -0.15) is 5.26 Å². The lowest BCUT2D eigenvalue weighted by Crippen LogP contribution is -2.31. The van der Waals surface area contributed by atoms with Crippen molar-refractivity contribution in [3.05, 3.63) is 50.1 Å². The molecule has 1 amide bonds. The molecule has 1 heterocycles. The van der Waals surface area contributed by atoms with Crippen LogP contribution in [0.3, 0.4) is 0 Å². The quantitative estimate of drug-likeness (QED) is 0.857. The summed E-state index contributed by atoms with van der Waals surface area (Å²) in [4.78, 5) is 12.8. The standard InChI is InChI=1S/C14H11BrN2O3S2/c1-9-11(2-3-21-9)6-14(18)17-22(19,20)13-5-10(8-16)4-12(15)7-13/h2-5,7H,6H2,1H3,(H,17,18). The number of hydrogen-bond donors (Lipinski definition) is 1. The van der Waals surface area contributed by atoms with E-state index in [9.17, 15) is 13.2 Å². The topological polar surface area (TPSA) is 87.0 Å². The normalized spacial score (nSPS) is 11.0. The zero-order valence-corrected chi connectivity index (χ0v) is 14.7. The largest absolute Gasteiger partial charge is 0.274 e. The highest BCUT2D eigenvalue weighted by atomic mass is 79.9. The van der Waals surface area contributed by atoms with Crippen LogP contribution in [0.2, 0.25) is 0 Å². The molecule has 0 saturated carbocycles. The molecule has 1 aromatic heterocycles. The molecule has 0 spiro atoms. The Balaban J connectivity index is 2.21. The number of sulfonamides is 1. The molecule has 1 N–H and O–H groups in total. The van der Waals surface area contributed by atoms with Gasteiger partial charge >= 0.3 is 0 Å². The first-order valence-electron chi connectivity index (χ1n) is 6.11. The maximum atomic E-state index is 12.2. The first-order valence-corrected chi connectivity index (χ1v) is 9.27. The van der Waals surface area contributed by atoms with Gasteiger partial charge in [0.15, 0.2) is 0 Å². The molecule has 0 atom stereocenters. The highest BCUT2D eigenvalue weighted by molar-refractivity contribution is 9.10. The van der Waals surface area contributed by atoms with Gasteiger partial charge in [0, 0.05) is 9.35 Å². The lowest BCUT2D eigenvalue weighted by molar-refractivity contribution is -0.118. The number of nitrogens with zero attached hydrogens (tertiary/aromatic N) is 1. The minimum Gasteiger partial charge on any atom is -0.274 e. The van der Waals surface area contributed by atoms with Gasteiger partial charge in [0.2, 0.25) is 5.91 Å². The van der Waals surface area contributed by atoms with E-state index in [1.54, 1.807) is 6.07 Å². The Bertz CT molecular complexity index is 866. The summed E-state index contributed by atoms with van der Waals surface area (Å²) in [5.74, 6) is -0.611. The Kier molecular flexibility index (Phi) is 5.01. The van der Waals surface area contributed by atoms with Crippen LogP contribution in [0.15, 0.2) is 39.0 Å². The molecular weight excluding hydrogens is 388 g/mol. The van der Waals surface area contributed by atoms with Crippen molar-refractivity contribution in [3.8, 4) is 6.07 Å². The van der Waals surface area contributed by atoms with Gasteiger partial charge < -0.3 is 0 Å². The summed E-state index contributed by atoms with van der Waals surface area (Å²) < 4.78 is 26.9. The third kappa shape index (κ3) is 3.94. The molecule has 22 heavy (non-hydrogen) atoms. The van der Waals surface area contributed by atoms with Gasteiger partial charge in [-0.05, 0) is 42.1 Å². The van der Waals surface area contributed by atoms with Crippen LogP contribution >= 0.6 is 27.3 Å². The molecule has 2 aromatic rings. The maximum absolute atomic E-state index is 12.2. The van der Waals surface area contributed by atoms with Crippen molar-refractivity contribution < 1.29 is 13.2 Å². The molecule has 0 aliphatic heterocycles. The number of nitriles is 1. The minimum atomic E-state index is -4.01. The maximum Gasteiger partial charge on any atom is 0.264 e. The number of carbonyl (C=O) groups is 1. The number of carbonyl (C=O) groups excluding carboxylic acids is 1. The number of halogens is 1. The zero-order chi connectivity index (χ0) is 16.3. The monoisotopic (exact) mass is 398 g/mol. The van der Waals surface area contributed by atoms with Gasteiger partial charge in [-0.25, -0.2) is 13.1 Å². The summed E-state index contributed by atoms with van der Waals surface area (Å²) in [5, 5.41) is 10.7. The molecule has 0 bridgehead atoms. The molecule has 0 saturated heterocycles. The van der Waals surface area contributed by atoms with E-state index in [1.807, 2.05) is 23.1 Å². The number of thiophene rings is 1. The van der Waals surface area contributed by atoms with Crippen molar-refractivity contribution in [1.29, 1.82) is 5.26 Å². The summed E-state index contributed by atoms with van der Waals surface area (Å²) in [5.41, 5.74) is 0.987. The van der Waals surface area contributed by atoms with E-state index in [0.29, 0.717) is 4.47 Å². The minimum absolute atomic E-state index is 0.00628.